The van der Waals surface area contributed by atoms with Crippen LogP contribution in [0.25, 0.3) is 10.9 Å². The first-order chi connectivity index (χ1) is 8.11. The van der Waals surface area contributed by atoms with Crippen molar-refractivity contribution in [2.24, 2.45) is 0 Å². The maximum atomic E-state index is 11.3. The fourth-order valence-electron chi connectivity index (χ4n) is 1.72. The Kier molecular flexibility index (Phi) is 3.09. The molecule has 0 bridgehead atoms. The van der Waals surface area contributed by atoms with Crippen molar-refractivity contribution in [3.05, 3.63) is 41.6 Å². The van der Waals surface area contributed by atoms with Gasteiger partial charge in [-0.15, -0.1) is 0 Å². The molecular formula is C14H15NO2. The van der Waals surface area contributed by atoms with Gasteiger partial charge in [0.15, 0.2) is 0 Å². The summed E-state index contributed by atoms with van der Waals surface area (Å²) in [6.45, 7) is 4.30. The van der Waals surface area contributed by atoms with Crippen LogP contribution in [0.5, 0.6) is 0 Å². The minimum atomic E-state index is -0.403. The van der Waals surface area contributed by atoms with E-state index in [1.807, 2.05) is 18.2 Å². The van der Waals surface area contributed by atoms with E-state index in [0.717, 1.165) is 10.9 Å². The molecule has 0 aliphatic rings. The Balaban J connectivity index is 2.50. The Labute approximate surface area is 100 Å². The van der Waals surface area contributed by atoms with Crippen LogP contribution in [0.2, 0.25) is 0 Å². The number of fused-ring (bicyclic) bond motifs is 1. The highest BCUT2D eigenvalue weighted by Gasteiger charge is 2.08. The summed E-state index contributed by atoms with van der Waals surface area (Å²) >= 11 is 0. The molecule has 0 atom stereocenters. The van der Waals surface area contributed by atoms with E-state index < -0.39 is 5.97 Å². The van der Waals surface area contributed by atoms with Crippen molar-refractivity contribution < 1.29 is 9.53 Å². The molecule has 1 heterocycles. The van der Waals surface area contributed by atoms with E-state index in [2.05, 4.69) is 29.6 Å². The number of nitrogens with zero attached hydrogens (tertiary/aromatic N) is 1. The summed E-state index contributed by atoms with van der Waals surface area (Å²) in [5.41, 5.74) is 2.43. The molecule has 1 aromatic carbocycles. The number of hydrogen-bond acceptors (Lipinski definition) is 3. The quantitative estimate of drug-likeness (QED) is 0.742. The summed E-state index contributed by atoms with van der Waals surface area (Å²) in [5.74, 6) is 0.0829. The van der Waals surface area contributed by atoms with Crippen molar-refractivity contribution in [3.8, 4) is 0 Å². The molecule has 0 aliphatic carbocycles. The molecule has 2 rings (SSSR count). The molecule has 0 fully saturated rings. The molecule has 0 amide bonds. The zero-order chi connectivity index (χ0) is 12.4. The van der Waals surface area contributed by atoms with Crippen molar-refractivity contribution >= 4 is 16.9 Å². The molecule has 0 unspecified atom stereocenters. The van der Waals surface area contributed by atoms with Crippen LogP contribution in [0.3, 0.4) is 0 Å². The Bertz CT molecular complexity index is 561. The van der Waals surface area contributed by atoms with Crippen LogP contribution in [-0.4, -0.2) is 18.1 Å². The highest BCUT2D eigenvalue weighted by atomic mass is 16.5. The van der Waals surface area contributed by atoms with Gasteiger partial charge in [0.25, 0.3) is 0 Å². The first-order valence-electron chi connectivity index (χ1n) is 5.61. The molecule has 3 heteroatoms. The van der Waals surface area contributed by atoms with Gasteiger partial charge in [0.1, 0.15) is 5.69 Å². The lowest BCUT2D eigenvalue weighted by Gasteiger charge is -2.07. The van der Waals surface area contributed by atoms with Crippen molar-refractivity contribution in [3.63, 3.8) is 0 Å². The fourth-order valence-corrected chi connectivity index (χ4v) is 1.72. The van der Waals surface area contributed by atoms with Crippen LogP contribution in [0.1, 0.15) is 35.8 Å². The van der Waals surface area contributed by atoms with Crippen molar-refractivity contribution in [1.82, 2.24) is 4.98 Å². The lowest BCUT2D eigenvalue weighted by molar-refractivity contribution is 0.0594. The first-order valence-corrected chi connectivity index (χ1v) is 5.61. The number of pyridine rings is 1. The largest absolute Gasteiger partial charge is 0.464 e. The SMILES string of the molecule is COC(=O)c1ccc2cc(C(C)C)ccc2n1. The van der Waals surface area contributed by atoms with E-state index in [1.54, 1.807) is 6.07 Å². The number of rotatable bonds is 2. The van der Waals surface area contributed by atoms with Crippen molar-refractivity contribution in [2.45, 2.75) is 19.8 Å². The van der Waals surface area contributed by atoms with E-state index in [4.69, 9.17) is 0 Å². The van der Waals surface area contributed by atoms with Crippen LogP contribution < -0.4 is 0 Å². The number of carbonyl (C=O) groups is 1. The normalized spacial score (nSPS) is 10.8. The second-order valence-corrected chi connectivity index (χ2v) is 4.29. The van der Waals surface area contributed by atoms with Gasteiger partial charge in [-0.3, -0.25) is 0 Å². The highest BCUT2D eigenvalue weighted by molar-refractivity contribution is 5.91. The molecule has 17 heavy (non-hydrogen) atoms. The Morgan fingerprint density at radius 2 is 2.00 bits per heavy atom. The first kappa shape index (κ1) is 11.6. The molecule has 2 aromatic rings. The van der Waals surface area contributed by atoms with E-state index >= 15 is 0 Å². The summed E-state index contributed by atoms with van der Waals surface area (Å²) in [6, 6.07) is 9.69. The average molecular weight is 229 g/mol. The predicted molar refractivity (Wildman–Crippen MR) is 67.2 cm³/mol. The molecule has 0 saturated heterocycles. The molecule has 88 valence electrons. The maximum Gasteiger partial charge on any atom is 0.356 e. The molecular weight excluding hydrogens is 214 g/mol. The van der Waals surface area contributed by atoms with Crippen LogP contribution in [-0.2, 0) is 4.74 Å². The minimum absolute atomic E-state index is 0.345. The van der Waals surface area contributed by atoms with Gasteiger partial charge in [-0.2, -0.15) is 0 Å². The zero-order valence-corrected chi connectivity index (χ0v) is 10.2. The van der Waals surface area contributed by atoms with E-state index in [0.29, 0.717) is 11.6 Å². The molecule has 0 saturated carbocycles. The number of ether oxygens (including phenoxy) is 1. The van der Waals surface area contributed by atoms with E-state index in [-0.39, 0.29) is 0 Å². The third-order valence-corrected chi connectivity index (χ3v) is 2.77. The summed E-state index contributed by atoms with van der Waals surface area (Å²) in [7, 11) is 1.36. The molecule has 3 nitrogen and oxygen atoms in total. The third kappa shape index (κ3) is 2.28. The van der Waals surface area contributed by atoms with Gasteiger partial charge in [-0.1, -0.05) is 26.0 Å². The highest BCUT2D eigenvalue weighted by Crippen LogP contribution is 2.20. The van der Waals surface area contributed by atoms with Gasteiger partial charge in [-0.25, -0.2) is 9.78 Å². The van der Waals surface area contributed by atoms with Crippen LogP contribution in [0.4, 0.5) is 0 Å². The Morgan fingerprint density at radius 3 is 2.65 bits per heavy atom. The van der Waals surface area contributed by atoms with Gasteiger partial charge in [0.2, 0.25) is 0 Å². The smallest absolute Gasteiger partial charge is 0.356 e. The zero-order valence-electron chi connectivity index (χ0n) is 10.2. The van der Waals surface area contributed by atoms with Crippen LogP contribution >= 0.6 is 0 Å². The molecule has 1 aromatic heterocycles. The molecule has 0 aliphatic heterocycles. The van der Waals surface area contributed by atoms with E-state index in [1.165, 1.54) is 12.7 Å². The number of carbonyl (C=O) groups excluding carboxylic acids is 1. The monoisotopic (exact) mass is 229 g/mol. The fraction of sp³-hybridized carbons (Fsp3) is 0.286. The predicted octanol–water partition coefficient (Wildman–Crippen LogP) is 3.14. The summed E-state index contributed by atoms with van der Waals surface area (Å²) in [4.78, 5) is 15.6. The molecule has 0 N–H and O–H groups in total. The standard InChI is InChI=1S/C14H15NO2/c1-9(2)10-4-6-12-11(8-10)5-7-13(15-12)14(16)17-3/h4-9H,1-3H3. The van der Waals surface area contributed by atoms with Gasteiger partial charge in [-0.05, 0) is 29.7 Å². The van der Waals surface area contributed by atoms with Crippen molar-refractivity contribution in [2.75, 3.05) is 7.11 Å². The lowest BCUT2D eigenvalue weighted by Crippen LogP contribution is -2.03. The van der Waals surface area contributed by atoms with Crippen LogP contribution in [0.15, 0.2) is 30.3 Å². The van der Waals surface area contributed by atoms with Gasteiger partial charge < -0.3 is 4.74 Å². The summed E-state index contributed by atoms with van der Waals surface area (Å²) in [5, 5.41) is 1.05. The third-order valence-electron chi connectivity index (χ3n) is 2.77. The number of hydrogen-bond donors (Lipinski definition) is 0. The number of benzene rings is 1. The van der Waals surface area contributed by atoms with Crippen LogP contribution in [0, 0.1) is 0 Å². The second-order valence-electron chi connectivity index (χ2n) is 4.29. The average Bonchev–Trinajstić information content (AvgIpc) is 2.36. The number of methoxy groups -OCH3 is 1. The Hall–Kier alpha value is -1.90. The summed E-state index contributed by atoms with van der Waals surface area (Å²) in [6.07, 6.45) is 0. The number of aromatic nitrogens is 1. The van der Waals surface area contributed by atoms with Gasteiger partial charge >= 0.3 is 5.97 Å². The second kappa shape index (κ2) is 4.53. The minimum Gasteiger partial charge on any atom is -0.464 e. The van der Waals surface area contributed by atoms with Gasteiger partial charge in [0.05, 0.1) is 12.6 Å². The summed E-state index contributed by atoms with van der Waals surface area (Å²) < 4.78 is 4.65. The number of esters is 1. The molecule has 0 spiro atoms. The molecule has 0 radical (unpaired) electrons. The van der Waals surface area contributed by atoms with Crippen molar-refractivity contribution in [1.29, 1.82) is 0 Å². The van der Waals surface area contributed by atoms with E-state index in [9.17, 15) is 4.79 Å². The van der Waals surface area contributed by atoms with Gasteiger partial charge in [0, 0.05) is 5.39 Å². The maximum absolute atomic E-state index is 11.3. The topological polar surface area (TPSA) is 39.2 Å². The Morgan fingerprint density at radius 1 is 1.24 bits per heavy atom. The lowest BCUT2D eigenvalue weighted by atomic mass is 10.0.